The van der Waals surface area contributed by atoms with E-state index in [9.17, 15) is 9.90 Å². The Morgan fingerprint density at radius 3 is 2.43 bits per heavy atom. The zero-order chi connectivity index (χ0) is 14.8. The van der Waals surface area contributed by atoms with Crippen LogP contribution in [0.1, 0.15) is 5.56 Å². The van der Waals surface area contributed by atoms with E-state index < -0.39 is 0 Å². The average Bonchev–Trinajstić information content (AvgIpc) is 2.77. The molecule has 1 fully saturated rings. The monoisotopic (exact) mass is 296 g/mol. The third kappa shape index (κ3) is 2.51. The van der Waals surface area contributed by atoms with E-state index in [-0.39, 0.29) is 11.7 Å². The highest BCUT2D eigenvalue weighted by Gasteiger charge is 2.31. The fourth-order valence-corrected chi connectivity index (χ4v) is 2.41. The molecule has 21 heavy (non-hydrogen) atoms. The van der Waals surface area contributed by atoms with Crippen molar-refractivity contribution in [2.75, 3.05) is 4.90 Å². The summed E-state index contributed by atoms with van der Waals surface area (Å²) in [5.41, 5.74) is 1.61. The standard InChI is InChI=1S/C16H12N2O2S/c19-14-9-5-4-6-11(14)10-13-15(20)18(16(21)17-13)12-7-2-1-3-8-12/h1-10,19H,(H,17,21). The second-order valence-electron chi connectivity index (χ2n) is 4.52. The molecule has 4 nitrogen and oxygen atoms in total. The summed E-state index contributed by atoms with van der Waals surface area (Å²) >= 11 is 5.22. The number of benzene rings is 2. The zero-order valence-corrected chi connectivity index (χ0v) is 11.8. The number of aromatic hydroxyl groups is 1. The summed E-state index contributed by atoms with van der Waals surface area (Å²) in [6.07, 6.45) is 1.59. The number of rotatable bonds is 2. The van der Waals surface area contributed by atoms with Gasteiger partial charge >= 0.3 is 0 Å². The van der Waals surface area contributed by atoms with Crippen LogP contribution in [0.5, 0.6) is 5.75 Å². The van der Waals surface area contributed by atoms with Crippen molar-refractivity contribution in [2.24, 2.45) is 0 Å². The molecule has 1 saturated heterocycles. The van der Waals surface area contributed by atoms with E-state index in [1.54, 1.807) is 30.3 Å². The number of carbonyl (C=O) groups is 1. The van der Waals surface area contributed by atoms with Gasteiger partial charge in [-0.15, -0.1) is 0 Å². The smallest absolute Gasteiger partial charge is 0.281 e. The van der Waals surface area contributed by atoms with Crippen LogP contribution in [0.15, 0.2) is 60.3 Å². The van der Waals surface area contributed by atoms with Crippen molar-refractivity contribution >= 4 is 35.0 Å². The molecule has 2 aromatic carbocycles. The minimum Gasteiger partial charge on any atom is -0.507 e. The van der Waals surface area contributed by atoms with Crippen LogP contribution in [0, 0.1) is 0 Å². The lowest BCUT2D eigenvalue weighted by Gasteiger charge is -2.13. The van der Waals surface area contributed by atoms with Crippen LogP contribution in [0.4, 0.5) is 5.69 Å². The first kappa shape index (κ1) is 13.3. The Bertz CT molecular complexity index is 741. The van der Waals surface area contributed by atoms with Crippen LogP contribution in [0.3, 0.4) is 0 Å². The quantitative estimate of drug-likeness (QED) is 0.661. The van der Waals surface area contributed by atoms with Gasteiger partial charge in [0.05, 0.1) is 5.69 Å². The Morgan fingerprint density at radius 2 is 1.71 bits per heavy atom. The lowest BCUT2D eigenvalue weighted by molar-refractivity contribution is -0.113. The average molecular weight is 296 g/mol. The molecule has 0 aromatic heterocycles. The van der Waals surface area contributed by atoms with Crippen LogP contribution in [-0.4, -0.2) is 16.1 Å². The first-order chi connectivity index (χ1) is 10.2. The van der Waals surface area contributed by atoms with Crippen molar-refractivity contribution in [1.29, 1.82) is 0 Å². The molecular weight excluding hydrogens is 284 g/mol. The van der Waals surface area contributed by atoms with Crippen LogP contribution in [-0.2, 0) is 4.79 Å². The second kappa shape index (κ2) is 5.38. The van der Waals surface area contributed by atoms with E-state index >= 15 is 0 Å². The van der Waals surface area contributed by atoms with Gasteiger partial charge in [-0.1, -0.05) is 36.4 Å². The van der Waals surface area contributed by atoms with Crippen LogP contribution in [0.25, 0.3) is 6.08 Å². The van der Waals surface area contributed by atoms with Gasteiger partial charge in [-0.05, 0) is 36.5 Å². The van der Waals surface area contributed by atoms with Gasteiger partial charge < -0.3 is 10.4 Å². The molecule has 0 atom stereocenters. The zero-order valence-electron chi connectivity index (χ0n) is 11.0. The molecule has 1 aliphatic rings. The lowest BCUT2D eigenvalue weighted by atomic mass is 10.1. The molecule has 1 amide bonds. The molecule has 2 aromatic rings. The minimum absolute atomic E-state index is 0.115. The molecule has 0 unspecified atom stereocenters. The van der Waals surface area contributed by atoms with Crippen molar-refractivity contribution in [1.82, 2.24) is 5.32 Å². The molecule has 0 aliphatic carbocycles. The molecule has 0 bridgehead atoms. The normalized spacial score (nSPS) is 16.4. The molecule has 0 spiro atoms. The van der Waals surface area contributed by atoms with Crippen molar-refractivity contribution in [3.05, 3.63) is 65.9 Å². The van der Waals surface area contributed by atoms with Crippen LogP contribution >= 0.6 is 12.2 Å². The maximum absolute atomic E-state index is 12.5. The van der Waals surface area contributed by atoms with Crippen molar-refractivity contribution in [2.45, 2.75) is 0 Å². The number of para-hydroxylation sites is 2. The van der Waals surface area contributed by atoms with Gasteiger partial charge in [0.1, 0.15) is 11.4 Å². The SMILES string of the molecule is O=C1C(=Cc2ccccc2O)NC(=S)N1c1ccccc1. The molecule has 104 valence electrons. The van der Waals surface area contributed by atoms with E-state index in [2.05, 4.69) is 5.32 Å². The topological polar surface area (TPSA) is 52.6 Å². The molecule has 2 N–H and O–H groups in total. The number of nitrogens with zero attached hydrogens (tertiary/aromatic N) is 1. The van der Waals surface area contributed by atoms with Crippen molar-refractivity contribution in [3.8, 4) is 5.75 Å². The maximum Gasteiger partial charge on any atom is 0.281 e. The Balaban J connectivity index is 1.96. The number of nitrogens with one attached hydrogen (secondary N) is 1. The summed E-state index contributed by atoms with van der Waals surface area (Å²) in [7, 11) is 0. The predicted octanol–water partition coefficient (Wildman–Crippen LogP) is 2.65. The third-order valence-electron chi connectivity index (χ3n) is 3.13. The van der Waals surface area contributed by atoms with Crippen molar-refractivity contribution < 1.29 is 9.90 Å². The number of thiocarbonyl (C=S) groups is 1. The summed E-state index contributed by atoms with van der Waals surface area (Å²) in [5.74, 6) is -0.127. The minimum atomic E-state index is -0.241. The summed E-state index contributed by atoms with van der Waals surface area (Å²) in [5, 5.41) is 13.0. The molecule has 3 rings (SSSR count). The first-order valence-electron chi connectivity index (χ1n) is 6.37. The summed E-state index contributed by atoms with van der Waals surface area (Å²) in [4.78, 5) is 13.9. The van der Waals surface area contributed by atoms with Gasteiger partial charge in [0.25, 0.3) is 5.91 Å². The molecule has 0 saturated carbocycles. The number of hydrogen-bond donors (Lipinski definition) is 2. The Morgan fingerprint density at radius 1 is 1.05 bits per heavy atom. The van der Waals surface area contributed by atoms with E-state index in [1.807, 2.05) is 30.3 Å². The summed E-state index contributed by atoms with van der Waals surface area (Å²) in [6.45, 7) is 0. The third-order valence-corrected chi connectivity index (χ3v) is 3.41. The van der Waals surface area contributed by atoms with Gasteiger partial charge in [-0.2, -0.15) is 0 Å². The van der Waals surface area contributed by atoms with Gasteiger partial charge in [-0.25, -0.2) is 0 Å². The van der Waals surface area contributed by atoms with Gasteiger partial charge in [0, 0.05) is 5.56 Å². The van der Waals surface area contributed by atoms with E-state index in [0.29, 0.717) is 22.1 Å². The number of phenols is 1. The van der Waals surface area contributed by atoms with E-state index in [1.165, 1.54) is 4.90 Å². The molecule has 1 heterocycles. The molecule has 1 aliphatic heterocycles. The number of amides is 1. The van der Waals surface area contributed by atoms with E-state index in [4.69, 9.17) is 12.2 Å². The molecular formula is C16H12N2O2S. The van der Waals surface area contributed by atoms with Gasteiger partial charge in [0.2, 0.25) is 0 Å². The van der Waals surface area contributed by atoms with Crippen molar-refractivity contribution in [3.63, 3.8) is 0 Å². The largest absolute Gasteiger partial charge is 0.507 e. The maximum atomic E-state index is 12.5. The molecule has 5 heteroatoms. The van der Waals surface area contributed by atoms with Crippen LogP contribution < -0.4 is 10.2 Å². The predicted molar refractivity (Wildman–Crippen MR) is 85.7 cm³/mol. The number of carbonyl (C=O) groups excluding carboxylic acids is 1. The Kier molecular flexibility index (Phi) is 3.41. The fraction of sp³-hybridized carbons (Fsp3) is 0. The number of phenolic OH excluding ortho intramolecular Hbond substituents is 1. The highest BCUT2D eigenvalue weighted by atomic mass is 32.1. The van der Waals surface area contributed by atoms with E-state index in [0.717, 1.165) is 0 Å². The summed E-state index contributed by atoms with van der Waals surface area (Å²) < 4.78 is 0. The lowest BCUT2D eigenvalue weighted by Crippen LogP contribution is -2.30. The van der Waals surface area contributed by atoms with Gasteiger partial charge in [-0.3, -0.25) is 9.69 Å². The highest BCUT2D eigenvalue weighted by molar-refractivity contribution is 7.80. The number of anilines is 1. The Hall–Kier alpha value is -2.66. The van der Waals surface area contributed by atoms with Crippen LogP contribution in [0.2, 0.25) is 0 Å². The fourth-order valence-electron chi connectivity index (χ4n) is 2.11. The Labute approximate surface area is 127 Å². The highest BCUT2D eigenvalue weighted by Crippen LogP contribution is 2.24. The first-order valence-corrected chi connectivity index (χ1v) is 6.78. The second-order valence-corrected chi connectivity index (χ2v) is 4.91. The van der Waals surface area contributed by atoms with Gasteiger partial charge in [0.15, 0.2) is 5.11 Å². The molecule has 0 radical (unpaired) electrons. The number of hydrogen-bond acceptors (Lipinski definition) is 3. The summed E-state index contributed by atoms with van der Waals surface area (Å²) in [6, 6.07) is 16.0.